The fraction of sp³-hybridized carbons (Fsp3) is 0.556. The van der Waals surface area contributed by atoms with Crippen molar-refractivity contribution in [1.29, 1.82) is 0 Å². The van der Waals surface area contributed by atoms with Crippen molar-refractivity contribution in [3.05, 3.63) is 41.5 Å². The lowest BCUT2D eigenvalue weighted by Gasteiger charge is -2.35. The number of benzene rings is 1. The van der Waals surface area contributed by atoms with Gasteiger partial charge in [-0.15, -0.1) is 0 Å². The van der Waals surface area contributed by atoms with E-state index in [1.165, 1.54) is 18.4 Å². The summed E-state index contributed by atoms with van der Waals surface area (Å²) in [5.41, 5.74) is 1.29. The van der Waals surface area contributed by atoms with Gasteiger partial charge in [0.25, 0.3) is 0 Å². The maximum Gasteiger partial charge on any atom is 0.243 e. The Morgan fingerprint density at radius 1 is 1.39 bits per heavy atom. The fourth-order valence-electron chi connectivity index (χ4n) is 3.44. The highest BCUT2D eigenvalue weighted by Gasteiger charge is 2.27. The second-order valence-electron chi connectivity index (χ2n) is 6.37. The lowest BCUT2D eigenvalue weighted by Crippen LogP contribution is -2.38. The Balaban J connectivity index is 1.66. The quantitative estimate of drug-likeness (QED) is 0.846. The monoisotopic (exact) mass is 315 g/mol. The molecule has 0 unspecified atom stereocenters. The summed E-state index contributed by atoms with van der Waals surface area (Å²) in [6, 6.07) is 8.50. The number of piperidine rings is 1. The Bertz CT molecular complexity index is 641. The molecule has 0 radical (unpaired) electrons. The molecule has 1 aromatic heterocycles. The zero-order valence-electron chi connectivity index (χ0n) is 14.2. The number of methoxy groups -OCH3 is 1. The standard InChI is InChI=1S/C18H25N3O2/c1-13(18-19-14(2)20-23-18)21-10-6-7-15(12-21)11-16-8-4-5-9-17(16)22-3/h4-5,8-9,13,15H,6-7,10-12H2,1-3H3/t13-,15+/m0/s1. The molecule has 0 aliphatic carbocycles. The van der Waals surface area contributed by atoms with Gasteiger partial charge in [-0.25, -0.2) is 0 Å². The van der Waals surface area contributed by atoms with Crippen LogP contribution in [0.25, 0.3) is 0 Å². The third-order valence-electron chi connectivity index (χ3n) is 4.70. The van der Waals surface area contributed by atoms with Gasteiger partial charge in [-0.05, 0) is 57.2 Å². The molecule has 3 rings (SSSR count). The van der Waals surface area contributed by atoms with E-state index in [1.54, 1.807) is 7.11 Å². The highest BCUT2D eigenvalue weighted by Crippen LogP contribution is 2.29. The van der Waals surface area contributed by atoms with Crippen molar-refractivity contribution in [2.75, 3.05) is 20.2 Å². The number of likely N-dealkylation sites (tertiary alicyclic amines) is 1. The van der Waals surface area contributed by atoms with E-state index >= 15 is 0 Å². The summed E-state index contributed by atoms with van der Waals surface area (Å²) >= 11 is 0. The van der Waals surface area contributed by atoms with E-state index in [1.807, 2.05) is 19.1 Å². The molecule has 5 heteroatoms. The van der Waals surface area contributed by atoms with Crippen LogP contribution < -0.4 is 4.74 Å². The van der Waals surface area contributed by atoms with E-state index in [0.29, 0.717) is 11.7 Å². The van der Waals surface area contributed by atoms with Crippen molar-refractivity contribution in [2.24, 2.45) is 5.92 Å². The first-order chi connectivity index (χ1) is 11.2. The van der Waals surface area contributed by atoms with Gasteiger partial charge in [0.1, 0.15) is 5.75 Å². The normalized spacial score (nSPS) is 20.4. The Labute approximate surface area is 137 Å². The van der Waals surface area contributed by atoms with Crippen LogP contribution in [-0.4, -0.2) is 35.2 Å². The molecule has 1 aliphatic rings. The molecule has 1 saturated heterocycles. The van der Waals surface area contributed by atoms with E-state index in [4.69, 9.17) is 9.26 Å². The maximum atomic E-state index is 5.49. The fourth-order valence-corrected chi connectivity index (χ4v) is 3.44. The molecule has 5 nitrogen and oxygen atoms in total. The molecular weight excluding hydrogens is 290 g/mol. The Morgan fingerprint density at radius 3 is 2.96 bits per heavy atom. The van der Waals surface area contributed by atoms with Crippen LogP contribution in [0.1, 0.15) is 43.1 Å². The summed E-state index contributed by atoms with van der Waals surface area (Å²) in [5, 5.41) is 3.91. The number of aryl methyl sites for hydroxylation is 1. The topological polar surface area (TPSA) is 51.4 Å². The van der Waals surface area contributed by atoms with E-state index < -0.39 is 0 Å². The van der Waals surface area contributed by atoms with Crippen molar-refractivity contribution in [3.8, 4) is 5.75 Å². The average molecular weight is 315 g/mol. The Kier molecular flexibility index (Phi) is 4.96. The van der Waals surface area contributed by atoms with Gasteiger partial charge in [0, 0.05) is 6.54 Å². The molecule has 0 bridgehead atoms. The molecular formula is C18H25N3O2. The second kappa shape index (κ2) is 7.13. The molecule has 2 atom stereocenters. The Hall–Kier alpha value is -1.88. The molecule has 0 spiro atoms. The van der Waals surface area contributed by atoms with E-state index in [0.717, 1.165) is 31.2 Å². The number of aromatic nitrogens is 2. The maximum absolute atomic E-state index is 5.49. The van der Waals surface area contributed by atoms with Gasteiger partial charge < -0.3 is 9.26 Å². The highest BCUT2D eigenvalue weighted by molar-refractivity contribution is 5.33. The number of ether oxygens (including phenoxy) is 1. The minimum atomic E-state index is 0.177. The minimum absolute atomic E-state index is 0.177. The summed E-state index contributed by atoms with van der Waals surface area (Å²) in [6.45, 7) is 6.16. The smallest absolute Gasteiger partial charge is 0.243 e. The second-order valence-corrected chi connectivity index (χ2v) is 6.37. The van der Waals surface area contributed by atoms with Crippen molar-refractivity contribution < 1.29 is 9.26 Å². The van der Waals surface area contributed by atoms with Crippen LogP contribution in [-0.2, 0) is 6.42 Å². The molecule has 23 heavy (non-hydrogen) atoms. The van der Waals surface area contributed by atoms with Crippen molar-refractivity contribution in [1.82, 2.24) is 15.0 Å². The van der Waals surface area contributed by atoms with Crippen LogP contribution in [0.15, 0.2) is 28.8 Å². The van der Waals surface area contributed by atoms with Crippen LogP contribution in [0.3, 0.4) is 0 Å². The van der Waals surface area contributed by atoms with Gasteiger partial charge in [0.2, 0.25) is 5.89 Å². The van der Waals surface area contributed by atoms with Crippen molar-refractivity contribution >= 4 is 0 Å². The number of nitrogens with zero attached hydrogens (tertiary/aromatic N) is 3. The first kappa shape index (κ1) is 16.0. The first-order valence-electron chi connectivity index (χ1n) is 8.33. The van der Waals surface area contributed by atoms with E-state index in [2.05, 4.69) is 34.1 Å². The molecule has 0 amide bonds. The molecule has 0 saturated carbocycles. The molecule has 0 N–H and O–H groups in total. The molecule has 2 aromatic rings. The summed E-state index contributed by atoms with van der Waals surface area (Å²) in [6.07, 6.45) is 3.51. The first-order valence-corrected chi connectivity index (χ1v) is 8.33. The number of hydrogen-bond donors (Lipinski definition) is 0. The molecule has 1 aromatic carbocycles. The predicted molar refractivity (Wildman–Crippen MR) is 88.4 cm³/mol. The SMILES string of the molecule is COc1ccccc1C[C@H]1CCCN([C@@H](C)c2nc(C)no2)C1. The van der Waals surface area contributed by atoms with E-state index in [-0.39, 0.29) is 6.04 Å². The van der Waals surface area contributed by atoms with Crippen molar-refractivity contribution in [3.63, 3.8) is 0 Å². The van der Waals surface area contributed by atoms with Crippen LogP contribution in [0, 0.1) is 12.8 Å². The highest BCUT2D eigenvalue weighted by atomic mass is 16.5. The van der Waals surface area contributed by atoms with Crippen LogP contribution in [0.5, 0.6) is 5.75 Å². The van der Waals surface area contributed by atoms with Crippen molar-refractivity contribution in [2.45, 2.75) is 39.2 Å². The largest absolute Gasteiger partial charge is 0.496 e. The average Bonchev–Trinajstić information content (AvgIpc) is 3.01. The number of hydrogen-bond acceptors (Lipinski definition) is 5. The molecule has 1 aliphatic heterocycles. The van der Waals surface area contributed by atoms with Gasteiger partial charge in [-0.2, -0.15) is 4.98 Å². The van der Waals surface area contributed by atoms with Crippen LogP contribution in [0.4, 0.5) is 0 Å². The molecule has 2 heterocycles. The van der Waals surface area contributed by atoms with Gasteiger partial charge in [0.05, 0.1) is 13.2 Å². The third-order valence-corrected chi connectivity index (χ3v) is 4.70. The summed E-state index contributed by atoms with van der Waals surface area (Å²) in [4.78, 5) is 6.84. The minimum Gasteiger partial charge on any atom is -0.496 e. The third kappa shape index (κ3) is 3.72. The predicted octanol–water partition coefficient (Wildman–Crippen LogP) is 3.40. The van der Waals surface area contributed by atoms with Gasteiger partial charge in [-0.3, -0.25) is 4.90 Å². The summed E-state index contributed by atoms with van der Waals surface area (Å²) in [5.74, 6) is 3.05. The van der Waals surface area contributed by atoms with Gasteiger partial charge in [0.15, 0.2) is 5.82 Å². The van der Waals surface area contributed by atoms with Gasteiger partial charge in [-0.1, -0.05) is 23.4 Å². The molecule has 1 fully saturated rings. The zero-order valence-corrected chi connectivity index (χ0v) is 14.2. The number of rotatable bonds is 5. The lowest BCUT2D eigenvalue weighted by atomic mass is 9.90. The van der Waals surface area contributed by atoms with Crippen LogP contribution in [0.2, 0.25) is 0 Å². The van der Waals surface area contributed by atoms with E-state index in [9.17, 15) is 0 Å². The summed E-state index contributed by atoms with van der Waals surface area (Å²) in [7, 11) is 1.74. The zero-order chi connectivity index (χ0) is 16.2. The number of para-hydroxylation sites is 1. The van der Waals surface area contributed by atoms with Crippen LogP contribution >= 0.6 is 0 Å². The molecule has 124 valence electrons. The Morgan fingerprint density at radius 2 is 2.22 bits per heavy atom. The van der Waals surface area contributed by atoms with Gasteiger partial charge >= 0.3 is 0 Å². The lowest BCUT2D eigenvalue weighted by molar-refractivity contribution is 0.111. The summed E-state index contributed by atoms with van der Waals surface area (Å²) < 4.78 is 10.8.